The van der Waals surface area contributed by atoms with Crippen molar-refractivity contribution < 1.29 is 3.79 Å². The van der Waals surface area contributed by atoms with Gasteiger partial charge < -0.3 is 3.79 Å². The Morgan fingerprint density at radius 1 is 0.958 bits per heavy atom. The molecule has 0 N–H and O–H groups in total. The molecule has 0 saturated heterocycles. The highest BCUT2D eigenvalue weighted by atomic mass is 27.1. The molecule has 2 heterocycles. The van der Waals surface area contributed by atoms with Gasteiger partial charge in [0.2, 0.25) is 0 Å². The first kappa shape index (κ1) is 15.0. The van der Waals surface area contributed by atoms with Gasteiger partial charge in [-0.05, 0) is 42.8 Å². The number of aryl methyl sites for hydroxylation is 1. The van der Waals surface area contributed by atoms with E-state index in [1.165, 1.54) is 0 Å². The monoisotopic (exact) mass is 327 g/mol. The Kier molecular flexibility index (Phi) is 3.81. The number of benzene rings is 2. The van der Waals surface area contributed by atoms with Gasteiger partial charge in [0.1, 0.15) is 5.52 Å². The average molecular weight is 327 g/mol. The molecule has 0 fully saturated rings. The molecule has 5 heteroatoms. The number of hydrogen-bond donors (Lipinski definition) is 0. The predicted molar refractivity (Wildman–Crippen MR) is 95.4 cm³/mol. The summed E-state index contributed by atoms with van der Waals surface area (Å²) >= 11 is 2.31. The molecule has 2 aromatic heterocycles. The van der Waals surface area contributed by atoms with Crippen molar-refractivity contribution in [3.05, 3.63) is 72.4 Å². The van der Waals surface area contributed by atoms with Crippen LogP contribution >= 0.6 is 0 Å². The Balaban J connectivity index is 2.10. The van der Waals surface area contributed by atoms with Crippen LogP contribution in [0.15, 0.2) is 66.9 Å². The van der Waals surface area contributed by atoms with Gasteiger partial charge >= 0.3 is 16.6 Å². The van der Waals surface area contributed by atoms with Gasteiger partial charge in [-0.25, -0.2) is 9.97 Å². The lowest BCUT2D eigenvalue weighted by Gasteiger charge is -2.14. The van der Waals surface area contributed by atoms with Crippen molar-refractivity contribution in [2.45, 2.75) is 6.92 Å². The summed E-state index contributed by atoms with van der Waals surface area (Å²) in [7, 11) is 0. The molecule has 0 amide bonds. The van der Waals surface area contributed by atoms with Crippen molar-refractivity contribution >= 4 is 27.8 Å². The molecule has 114 valence electrons. The molecule has 0 atom stereocenters. The summed E-state index contributed by atoms with van der Waals surface area (Å²) in [6.07, 6.45) is 1.79. The van der Waals surface area contributed by atoms with Gasteiger partial charge in [0.05, 0.1) is 17.0 Å². The molecular weight excluding hydrogens is 313 g/mol. The Morgan fingerprint density at radius 2 is 1.75 bits per heavy atom. The Labute approximate surface area is 148 Å². The van der Waals surface area contributed by atoms with Crippen molar-refractivity contribution in [2.75, 3.05) is 0 Å². The van der Waals surface area contributed by atoms with Crippen LogP contribution in [0.3, 0.4) is 0 Å². The summed E-state index contributed by atoms with van der Waals surface area (Å²) in [5, 5.41) is 0. The predicted octanol–water partition coefficient (Wildman–Crippen LogP) is 3.86. The zero-order valence-corrected chi connectivity index (χ0v) is 14.3. The molecule has 4 aromatic rings. The first-order chi connectivity index (χ1) is 11.8. The van der Waals surface area contributed by atoms with Crippen molar-refractivity contribution in [3.63, 3.8) is 0 Å². The molecule has 2 aromatic carbocycles. The third-order valence-electron chi connectivity index (χ3n) is 4.03. The molecule has 4 rings (SSSR count). The lowest BCUT2D eigenvalue weighted by atomic mass is 10.1. The summed E-state index contributed by atoms with van der Waals surface area (Å²) in [5.74, 6) is 1.57. The molecular formula is C19H14AlN3O. The highest BCUT2D eigenvalue weighted by Crippen LogP contribution is 2.33. The fraction of sp³-hybridized carbons (Fsp3) is 0.0526. The van der Waals surface area contributed by atoms with Gasteiger partial charge in [-0.1, -0.05) is 30.3 Å². The topological polar surface area (TPSA) is 39.9 Å². The molecule has 24 heavy (non-hydrogen) atoms. The smallest absolute Gasteiger partial charge is 0.482 e. The zero-order valence-electron chi connectivity index (χ0n) is 13.2. The molecule has 0 spiro atoms. The molecule has 0 aliphatic carbocycles. The summed E-state index contributed by atoms with van der Waals surface area (Å²) in [5.41, 5.74) is 4.84. The SMILES string of the molecule is Cc1ccccc1-n1c(-c2ccccc2[O][Al])nc2cccnc21. The highest BCUT2D eigenvalue weighted by Gasteiger charge is 2.18. The number of imidazole rings is 1. The molecule has 4 nitrogen and oxygen atoms in total. The van der Waals surface area contributed by atoms with E-state index in [-0.39, 0.29) is 0 Å². The van der Waals surface area contributed by atoms with E-state index in [9.17, 15) is 0 Å². The third kappa shape index (κ3) is 2.39. The number of rotatable bonds is 3. The van der Waals surface area contributed by atoms with E-state index in [0.717, 1.165) is 39.6 Å². The highest BCUT2D eigenvalue weighted by molar-refractivity contribution is 6.00. The number of nitrogens with zero attached hydrogens (tertiary/aromatic N) is 3. The maximum absolute atomic E-state index is 5.46. The van der Waals surface area contributed by atoms with E-state index >= 15 is 0 Å². The number of aromatic nitrogens is 3. The van der Waals surface area contributed by atoms with E-state index in [4.69, 9.17) is 8.77 Å². The van der Waals surface area contributed by atoms with Gasteiger partial charge in [-0.2, -0.15) is 0 Å². The van der Waals surface area contributed by atoms with E-state index in [0.29, 0.717) is 0 Å². The van der Waals surface area contributed by atoms with Gasteiger partial charge in [0, 0.05) is 6.20 Å². The molecule has 0 unspecified atom stereocenters. The minimum atomic E-state index is 0.757. The van der Waals surface area contributed by atoms with Gasteiger partial charge in [0.25, 0.3) is 0 Å². The van der Waals surface area contributed by atoms with Crippen LogP contribution in [0, 0.1) is 6.92 Å². The number of para-hydroxylation sites is 2. The quantitative estimate of drug-likeness (QED) is 0.537. The molecule has 2 radical (unpaired) electrons. The second kappa shape index (κ2) is 6.12. The van der Waals surface area contributed by atoms with Gasteiger partial charge in [0.15, 0.2) is 11.5 Å². The fourth-order valence-corrected chi connectivity index (χ4v) is 3.10. The van der Waals surface area contributed by atoms with E-state index in [1.54, 1.807) is 6.20 Å². The maximum atomic E-state index is 5.46. The summed E-state index contributed by atoms with van der Waals surface area (Å²) in [6.45, 7) is 2.09. The van der Waals surface area contributed by atoms with Crippen LogP contribution in [0.5, 0.6) is 5.75 Å². The second-order valence-corrected chi connectivity index (χ2v) is 5.75. The van der Waals surface area contributed by atoms with Crippen LogP contribution in [-0.2, 0) is 0 Å². The molecule has 0 bridgehead atoms. The van der Waals surface area contributed by atoms with E-state index < -0.39 is 0 Å². The van der Waals surface area contributed by atoms with Gasteiger partial charge in [-0.3, -0.25) is 4.57 Å². The third-order valence-corrected chi connectivity index (χ3v) is 4.28. The second-order valence-electron chi connectivity index (χ2n) is 5.52. The van der Waals surface area contributed by atoms with E-state index in [2.05, 4.69) is 45.2 Å². The van der Waals surface area contributed by atoms with Crippen LogP contribution < -0.4 is 3.79 Å². The number of hydrogen-bond acceptors (Lipinski definition) is 3. The summed E-state index contributed by atoms with van der Waals surface area (Å²) < 4.78 is 7.55. The van der Waals surface area contributed by atoms with Crippen LogP contribution in [0.4, 0.5) is 0 Å². The van der Waals surface area contributed by atoms with Crippen molar-refractivity contribution in [1.82, 2.24) is 14.5 Å². The number of pyridine rings is 1. The van der Waals surface area contributed by atoms with Crippen molar-refractivity contribution in [3.8, 4) is 22.8 Å². The first-order valence-electron chi connectivity index (χ1n) is 7.65. The van der Waals surface area contributed by atoms with Crippen molar-refractivity contribution in [1.29, 1.82) is 0 Å². The van der Waals surface area contributed by atoms with Crippen LogP contribution in [0.1, 0.15) is 5.56 Å². The van der Waals surface area contributed by atoms with Crippen LogP contribution in [0.2, 0.25) is 0 Å². The molecule has 0 saturated carbocycles. The van der Waals surface area contributed by atoms with Crippen LogP contribution in [-0.4, -0.2) is 31.2 Å². The Morgan fingerprint density at radius 3 is 2.58 bits per heavy atom. The Hall–Kier alpha value is -2.61. The number of fused-ring (bicyclic) bond motifs is 1. The summed E-state index contributed by atoms with van der Waals surface area (Å²) in [4.78, 5) is 9.37. The standard InChI is InChI=1S/C19H15N3O.Al/c1-13-7-2-4-10-16(13)22-18(14-8-3-5-11-17(14)23)21-15-9-6-12-20-19(15)22;/h2-12,23H,1H3;/q;+1/p-1. The fourth-order valence-electron chi connectivity index (χ4n) is 2.89. The maximum Gasteiger partial charge on any atom is 0.482 e. The van der Waals surface area contributed by atoms with Gasteiger partial charge in [-0.15, -0.1) is 0 Å². The Bertz CT molecular complexity index is 1030. The molecule has 0 aliphatic rings. The first-order valence-corrected chi connectivity index (χ1v) is 8.12. The lowest BCUT2D eigenvalue weighted by Crippen LogP contribution is -2.02. The normalized spacial score (nSPS) is 10.9. The molecule has 0 aliphatic heterocycles. The minimum Gasteiger partial charge on any atom is -0.653 e. The average Bonchev–Trinajstić information content (AvgIpc) is 3.01. The minimum absolute atomic E-state index is 0.757. The van der Waals surface area contributed by atoms with Crippen LogP contribution in [0.25, 0.3) is 28.2 Å². The van der Waals surface area contributed by atoms with E-state index in [1.807, 2.05) is 48.5 Å². The zero-order chi connectivity index (χ0) is 16.5. The lowest BCUT2D eigenvalue weighted by molar-refractivity contribution is 0.617. The largest absolute Gasteiger partial charge is 0.653 e. The van der Waals surface area contributed by atoms with Crippen molar-refractivity contribution in [2.24, 2.45) is 0 Å². The summed E-state index contributed by atoms with van der Waals surface area (Å²) in [6, 6.07) is 20.0.